The molecule has 0 bridgehead atoms. The number of carbonyl (C=O) groups excluding carboxylic acids is 1. The van der Waals surface area contributed by atoms with Gasteiger partial charge in [-0.1, -0.05) is 6.92 Å². The van der Waals surface area contributed by atoms with E-state index in [2.05, 4.69) is 15.9 Å². The van der Waals surface area contributed by atoms with Crippen molar-refractivity contribution in [2.45, 2.75) is 19.4 Å². The molecule has 1 aromatic carbocycles. The van der Waals surface area contributed by atoms with Crippen molar-refractivity contribution in [1.82, 2.24) is 4.90 Å². The van der Waals surface area contributed by atoms with Crippen molar-refractivity contribution in [3.8, 4) is 0 Å². The molecule has 1 atom stereocenters. The number of halogens is 1. The molecule has 6 nitrogen and oxygen atoms in total. The highest BCUT2D eigenvalue weighted by molar-refractivity contribution is 9.10. The van der Waals surface area contributed by atoms with Crippen LogP contribution >= 0.6 is 15.9 Å². The lowest BCUT2D eigenvalue weighted by Gasteiger charge is -2.35. The Bertz CT molecular complexity index is 535. The Balaban J connectivity index is 2.28. The first-order valence-electron chi connectivity index (χ1n) is 6.37. The van der Waals surface area contributed by atoms with E-state index in [0.717, 1.165) is 6.42 Å². The fourth-order valence-corrected chi connectivity index (χ4v) is 2.60. The van der Waals surface area contributed by atoms with Crippen LogP contribution in [-0.2, 0) is 4.74 Å². The van der Waals surface area contributed by atoms with Crippen molar-refractivity contribution in [3.63, 3.8) is 0 Å². The van der Waals surface area contributed by atoms with Gasteiger partial charge < -0.3 is 9.64 Å². The van der Waals surface area contributed by atoms with Crippen molar-refractivity contribution in [2.75, 3.05) is 19.8 Å². The molecule has 0 aromatic heterocycles. The minimum absolute atomic E-state index is 0.0268. The van der Waals surface area contributed by atoms with Crippen molar-refractivity contribution < 1.29 is 14.5 Å². The number of hydrogen-bond acceptors (Lipinski definition) is 4. The van der Waals surface area contributed by atoms with E-state index in [1.165, 1.54) is 12.1 Å². The normalized spacial score (nSPS) is 18.9. The topological polar surface area (TPSA) is 72.7 Å². The van der Waals surface area contributed by atoms with E-state index in [1.807, 2.05) is 6.92 Å². The predicted octanol–water partition coefficient (Wildman–Crippen LogP) is 2.61. The van der Waals surface area contributed by atoms with Gasteiger partial charge in [0.15, 0.2) is 0 Å². The molecule has 0 saturated carbocycles. The second-order valence-corrected chi connectivity index (χ2v) is 5.41. The van der Waals surface area contributed by atoms with Gasteiger partial charge in [-0.05, 0) is 34.5 Å². The van der Waals surface area contributed by atoms with Crippen molar-refractivity contribution >= 4 is 27.5 Å². The lowest BCUT2D eigenvalue weighted by atomic mass is 10.1. The monoisotopic (exact) mass is 342 g/mol. The van der Waals surface area contributed by atoms with Crippen molar-refractivity contribution in [3.05, 3.63) is 38.3 Å². The number of carbonyl (C=O) groups is 1. The molecular formula is C13H15BrN2O4. The Morgan fingerprint density at radius 2 is 2.35 bits per heavy atom. The molecule has 108 valence electrons. The Morgan fingerprint density at radius 1 is 1.60 bits per heavy atom. The summed E-state index contributed by atoms with van der Waals surface area (Å²) in [7, 11) is 0. The van der Waals surface area contributed by atoms with Crippen molar-refractivity contribution in [1.29, 1.82) is 0 Å². The van der Waals surface area contributed by atoms with Crippen LogP contribution in [-0.4, -0.2) is 41.5 Å². The molecule has 1 aromatic rings. The molecular weight excluding hydrogens is 328 g/mol. The summed E-state index contributed by atoms with van der Waals surface area (Å²) >= 11 is 3.12. The summed E-state index contributed by atoms with van der Waals surface area (Å²) in [6.45, 7) is 3.52. The van der Waals surface area contributed by atoms with E-state index in [9.17, 15) is 14.9 Å². The predicted molar refractivity (Wildman–Crippen MR) is 76.7 cm³/mol. The quantitative estimate of drug-likeness (QED) is 0.625. The number of benzene rings is 1. The van der Waals surface area contributed by atoms with Gasteiger partial charge in [0.05, 0.1) is 28.7 Å². The Morgan fingerprint density at radius 3 is 3.00 bits per heavy atom. The van der Waals surface area contributed by atoms with Gasteiger partial charge in [-0.15, -0.1) is 0 Å². The molecule has 0 spiro atoms. The number of rotatable bonds is 3. The van der Waals surface area contributed by atoms with Crippen molar-refractivity contribution in [2.24, 2.45) is 0 Å². The van der Waals surface area contributed by atoms with E-state index in [1.54, 1.807) is 11.0 Å². The summed E-state index contributed by atoms with van der Waals surface area (Å²) < 4.78 is 5.73. The van der Waals surface area contributed by atoms with Gasteiger partial charge in [0, 0.05) is 18.2 Å². The molecule has 1 saturated heterocycles. The first-order valence-corrected chi connectivity index (χ1v) is 7.16. The molecule has 0 N–H and O–H groups in total. The first kappa shape index (κ1) is 14.9. The van der Waals surface area contributed by atoms with Gasteiger partial charge >= 0.3 is 0 Å². The van der Waals surface area contributed by atoms with Crippen LogP contribution in [0, 0.1) is 10.1 Å². The van der Waals surface area contributed by atoms with Crippen LogP contribution in [0.5, 0.6) is 0 Å². The third kappa shape index (κ3) is 2.99. The lowest BCUT2D eigenvalue weighted by molar-refractivity contribution is -0.385. The smallest absolute Gasteiger partial charge is 0.284 e. The van der Waals surface area contributed by atoms with E-state index in [4.69, 9.17) is 4.74 Å². The molecule has 20 heavy (non-hydrogen) atoms. The third-order valence-corrected chi connectivity index (χ3v) is 4.02. The Labute approximate surface area is 125 Å². The minimum atomic E-state index is -0.502. The summed E-state index contributed by atoms with van der Waals surface area (Å²) in [6.07, 6.45) is 0.796. The number of amides is 1. The van der Waals surface area contributed by atoms with Crippen LogP contribution in [0.3, 0.4) is 0 Å². The van der Waals surface area contributed by atoms with Crippen LogP contribution in [0.25, 0.3) is 0 Å². The number of nitro benzene ring substituents is 1. The Kier molecular flexibility index (Phi) is 4.72. The maximum atomic E-state index is 12.5. The van der Waals surface area contributed by atoms with E-state index in [0.29, 0.717) is 29.8 Å². The highest BCUT2D eigenvalue weighted by Crippen LogP contribution is 2.26. The molecule has 1 fully saturated rings. The highest BCUT2D eigenvalue weighted by atomic mass is 79.9. The van der Waals surface area contributed by atoms with E-state index in [-0.39, 0.29) is 17.6 Å². The highest BCUT2D eigenvalue weighted by Gasteiger charge is 2.28. The summed E-state index contributed by atoms with van der Waals surface area (Å²) in [5.41, 5.74) is 0.234. The first-order chi connectivity index (χ1) is 9.54. The fourth-order valence-electron chi connectivity index (χ4n) is 2.21. The average molecular weight is 343 g/mol. The third-order valence-electron chi connectivity index (χ3n) is 3.35. The molecule has 2 rings (SSSR count). The zero-order valence-corrected chi connectivity index (χ0v) is 12.6. The molecule has 0 aliphatic carbocycles. The van der Waals surface area contributed by atoms with Gasteiger partial charge in [-0.25, -0.2) is 0 Å². The van der Waals surface area contributed by atoms with Crippen LogP contribution in [0.15, 0.2) is 22.7 Å². The van der Waals surface area contributed by atoms with Gasteiger partial charge in [-0.3, -0.25) is 14.9 Å². The number of morpholine rings is 1. The van der Waals surface area contributed by atoms with E-state index < -0.39 is 4.92 Å². The summed E-state index contributed by atoms with van der Waals surface area (Å²) in [5.74, 6) is -0.184. The second kappa shape index (κ2) is 6.32. The molecule has 1 unspecified atom stereocenters. The van der Waals surface area contributed by atoms with Crippen LogP contribution in [0.4, 0.5) is 5.69 Å². The molecule has 1 aliphatic rings. The minimum Gasteiger partial charge on any atom is -0.377 e. The van der Waals surface area contributed by atoms with Gasteiger partial charge in [-0.2, -0.15) is 0 Å². The molecule has 1 aliphatic heterocycles. The van der Waals surface area contributed by atoms with Gasteiger partial charge in [0.2, 0.25) is 0 Å². The largest absolute Gasteiger partial charge is 0.377 e. The number of ether oxygens (including phenoxy) is 1. The van der Waals surface area contributed by atoms with Gasteiger partial charge in [0.25, 0.3) is 11.6 Å². The number of nitro groups is 1. The van der Waals surface area contributed by atoms with Gasteiger partial charge in [0.1, 0.15) is 0 Å². The lowest BCUT2D eigenvalue weighted by Crippen LogP contribution is -2.48. The maximum absolute atomic E-state index is 12.5. The van der Waals surface area contributed by atoms with Crippen LogP contribution in [0.1, 0.15) is 23.7 Å². The second-order valence-electron chi connectivity index (χ2n) is 4.56. The number of nitrogens with zero attached hydrogens (tertiary/aromatic N) is 2. The summed E-state index contributed by atoms with van der Waals surface area (Å²) in [6, 6.07) is 4.47. The SMILES string of the molecule is CCC1COCCN1C(=O)c1ccc(Br)c([N+](=O)[O-])c1. The summed E-state index contributed by atoms with van der Waals surface area (Å²) in [4.78, 5) is 24.6. The van der Waals surface area contributed by atoms with E-state index >= 15 is 0 Å². The maximum Gasteiger partial charge on any atom is 0.284 e. The van der Waals surface area contributed by atoms with Crippen LogP contribution in [0.2, 0.25) is 0 Å². The molecule has 7 heteroatoms. The average Bonchev–Trinajstić information content (AvgIpc) is 2.46. The zero-order chi connectivity index (χ0) is 14.7. The molecule has 0 radical (unpaired) electrons. The number of hydrogen-bond donors (Lipinski definition) is 0. The molecule has 1 heterocycles. The fraction of sp³-hybridized carbons (Fsp3) is 0.462. The molecule has 1 amide bonds. The van der Waals surface area contributed by atoms with Crippen LogP contribution < -0.4 is 0 Å². The zero-order valence-electron chi connectivity index (χ0n) is 11.0. The standard InChI is InChI=1S/C13H15BrN2O4/c1-2-10-8-20-6-5-15(10)13(17)9-3-4-11(14)12(7-9)16(18)19/h3-4,7,10H,2,5-6,8H2,1H3. The Hall–Kier alpha value is -1.47. The summed E-state index contributed by atoms with van der Waals surface area (Å²) in [5, 5.41) is 10.9.